The third-order valence-electron chi connectivity index (χ3n) is 3.30. The van der Waals surface area contributed by atoms with Gasteiger partial charge in [0.25, 0.3) is 0 Å². The summed E-state index contributed by atoms with van der Waals surface area (Å²) in [6, 6.07) is 0.0876. The van der Waals surface area contributed by atoms with Gasteiger partial charge in [0.2, 0.25) is 0 Å². The van der Waals surface area contributed by atoms with Crippen LogP contribution in [0.25, 0.3) is 0 Å². The van der Waals surface area contributed by atoms with Crippen molar-refractivity contribution in [2.24, 2.45) is 10.7 Å². The molecule has 1 aliphatic heterocycles. The zero-order valence-electron chi connectivity index (χ0n) is 11.4. The quantitative estimate of drug-likeness (QED) is 0.636. The van der Waals surface area contributed by atoms with E-state index in [1.165, 1.54) is 0 Å². The van der Waals surface area contributed by atoms with Gasteiger partial charge >= 0.3 is 0 Å². The molecule has 1 rings (SSSR count). The van der Waals surface area contributed by atoms with Gasteiger partial charge in [-0.3, -0.25) is 4.99 Å². The Morgan fingerprint density at radius 1 is 1.50 bits per heavy atom. The van der Waals surface area contributed by atoms with Gasteiger partial charge < -0.3 is 10.6 Å². The van der Waals surface area contributed by atoms with Gasteiger partial charge in [-0.15, -0.1) is 11.6 Å². The Balaban J connectivity index is 3.04. The van der Waals surface area contributed by atoms with E-state index in [4.69, 9.17) is 17.3 Å². The van der Waals surface area contributed by atoms with Crippen molar-refractivity contribution in [1.82, 2.24) is 4.90 Å². The van der Waals surface area contributed by atoms with Crippen molar-refractivity contribution in [1.29, 1.82) is 0 Å². The second-order valence-corrected chi connectivity index (χ2v) is 5.48. The zero-order chi connectivity index (χ0) is 13.7. The predicted octanol–water partition coefficient (Wildman–Crippen LogP) is 2.70. The van der Waals surface area contributed by atoms with Crippen LogP contribution in [0.2, 0.25) is 0 Å². The Kier molecular flexibility index (Phi) is 6.09. The predicted molar refractivity (Wildman–Crippen MR) is 75.9 cm³/mol. The Hall–Kier alpha value is -0.610. The van der Waals surface area contributed by atoms with Crippen molar-refractivity contribution in [3.05, 3.63) is 11.5 Å². The lowest BCUT2D eigenvalue weighted by Crippen LogP contribution is -2.38. The molecule has 3 nitrogen and oxygen atoms in total. The molecule has 2 unspecified atom stereocenters. The molecule has 0 saturated carbocycles. The van der Waals surface area contributed by atoms with Crippen molar-refractivity contribution >= 4 is 17.3 Å². The van der Waals surface area contributed by atoms with Gasteiger partial charge in [0.15, 0.2) is 5.83 Å². The summed E-state index contributed by atoms with van der Waals surface area (Å²) in [6.45, 7) is 4.92. The van der Waals surface area contributed by atoms with Crippen molar-refractivity contribution in [3.8, 4) is 0 Å². The van der Waals surface area contributed by atoms with Crippen LogP contribution in [-0.2, 0) is 0 Å². The first-order valence-electron chi connectivity index (χ1n) is 6.45. The highest BCUT2D eigenvalue weighted by atomic mass is 35.5. The number of nitrogens with two attached hydrogens (primary N) is 1. The minimum atomic E-state index is -0.382. The molecule has 5 heteroatoms. The minimum Gasteiger partial charge on any atom is -0.370 e. The van der Waals surface area contributed by atoms with Crippen LogP contribution in [0.4, 0.5) is 4.39 Å². The number of alkyl halides is 1. The molecule has 0 aromatic rings. The first kappa shape index (κ1) is 15.4. The number of aliphatic imine (C=N–C) groups is 1. The molecule has 104 valence electrons. The fraction of sp³-hybridized carbons (Fsp3) is 0.769. The van der Waals surface area contributed by atoms with E-state index in [2.05, 4.69) is 4.99 Å². The smallest absolute Gasteiger partial charge is 0.164 e. The molecular formula is C13H23ClFN3. The lowest BCUT2D eigenvalue weighted by atomic mass is 10.1. The number of rotatable bonds is 3. The van der Waals surface area contributed by atoms with E-state index in [9.17, 15) is 4.39 Å². The highest BCUT2D eigenvalue weighted by molar-refractivity contribution is 6.22. The fourth-order valence-corrected chi connectivity index (χ4v) is 2.48. The SMILES string of the molecule is CN=C(C)/C(F)=C(\C(C)Cl)N1CCCCC(N)C1. The van der Waals surface area contributed by atoms with Crippen LogP contribution in [-0.4, -0.2) is 42.2 Å². The Labute approximate surface area is 114 Å². The van der Waals surface area contributed by atoms with Crippen LogP contribution in [0, 0.1) is 0 Å². The molecule has 0 spiro atoms. The lowest BCUT2D eigenvalue weighted by Gasteiger charge is -2.29. The number of halogens is 2. The lowest BCUT2D eigenvalue weighted by molar-refractivity contribution is 0.324. The molecule has 0 aromatic carbocycles. The van der Waals surface area contributed by atoms with E-state index in [1.54, 1.807) is 20.9 Å². The molecule has 18 heavy (non-hydrogen) atoms. The molecule has 2 N–H and O–H groups in total. The summed E-state index contributed by atoms with van der Waals surface area (Å²) in [5.74, 6) is -0.311. The third-order valence-corrected chi connectivity index (χ3v) is 3.51. The summed E-state index contributed by atoms with van der Waals surface area (Å²) >= 11 is 6.14. The van der Waals surface area contributed by atoms with Gasteiger partial charge in [0.05, 0.1) is 16.8 Å². The van der Waals surface area contributed by atoms with E-state index in [0.717, 1.165) is 25.8 Å². The largest absolute Gasteiger partial charge is 0.370 e. The molecule has 0 aliphatic carbocycles. The van der Waals surface area contributed by atoms with Crippen LogP contribution >= 0.6 is 11.6 Å². The van der Waals surface area contributed by atoms with E-state index < -0.39 is 0 Å². The van der Waals surface area contributed by atoms with Crippen molar-refractivity contribution in [2.45, 2.75) is 44.5 Å². The van der Waals surface area contributed by atoms with Crippen LogP contribution in [0.3, 0.4) is 0 Å². The summed E-state index contributed by atoms with van der Waals surface area (Å²) in [6.07, 6.45) is 3.10. The highest BCUT2D eigenvalue weighted by Gasteiger charge is 2.24. The van der Waals surface area contributed by atoms with E-state index in [-0.39, 0.29) is 17.2 Å². The maximum atomic E-state index is 14.3. The van der Waals surface area contributed by atoms with Crippen LogP contribution in [0.1, 0.15) is 33.1 Å². The van der Waals surface area contributed by atoms with Crippen molar-refractivity contribution in [3.63, 3.8) is 0 Å². The molecule has 1 saturated heterocycles. The van der Waals surface area contributed by atoms with E-state index in [1.807, 2.05) is 4.90 Å². The van der Waals surface area contributed by atoms with Gasteiger partial charge in [-0.25, -0.2) is 4.39 Å². The summed E-state index contributed by atoms with van der Waals surface area (Å²) in [5.41, 5.74) is 6.92. The molecule has 1 fully saturated rings. The second-order valence-electron chi connectivity index (χ2n) is 4.83. The summed E-state index contributed by atoms with van der Waals surface area (Å²) in [7, 11) is 1.58. The normalized spacial score (nSPS) is 25.6. The Morgan fingerprint density at radius 2 is 2.17 bits per heavy atom. The molecular weight excluding hydrogens is 253 g/mol. The number of hydrogen-bond acceptors (Lipinski definition) is 3. The second kappa shape index (κ2) is 7.10. The van der Waals surface area contributed by atoms with Crippen molar-refractivity contribution in [2.75, 3.05) is 20.1 Å². The van der Waals surface area contributed by atoms with Gasteiger partial charge in [-0.1, -0.05) is 6.42 Å². The van der Waals surface area contributed by atoms with Gasteiger partial charge in [-0.2, -0.15) is 0 Å². The van der Waals surface area contributed by atoms with Crippen LogP contribution in [0.15, 0.2) is 16.5 Å². The van der Waals surface area contributed by atoms with Gasteiger partial charge in [0, 0.05) is 26.2 Å². The van der Waals surface area contributed by atoms with Crippen molar-refractivity contribution < 1.29 is 4.39 Å². The Morgan fingerprint density at radius 3 is 2.72 bits per heavy atom. The summed E-state index contributed by atoms with van der Waals surface area (Å²) < 4.78 is 14.3. The summed E-state index contributed by atoms with van der Waals surface area (Å²) in [4.78, 5) is 5.88. The van der Waals surface area contributed by atoms with Gasteiger partial charge in [0.1, 0.15) is 0 Å². The molecule has 0 bridgehead atoms. The number of nitrogens with zero attached hydrogens (tertiary/aromatic N) is 2. The van der Waals surface area contributed by atoms with Crippen LogP contribution < -0.4 is 5.73 Å². The average molecular weight is 276 g/mol. The topological polar surface area (TPSA) is 41.6 Å². The zero-order valence-corrected chi connectivity index (χ0v) is 12.2. The van der Waals surface area contributed by atoms with E-state index in [0.29, 0.717) is 18.0 Å². The standard InChI is InChI=1S/C13H23ClFN3/c1-9(14)13(12(15)10(2)17-3)18-7-5-4-6-11(16)8-18/h9,11H,4-8,16H2,1-3H3/b13-12-,17-10?. The summed E-state index contributed by atoms with van der Waals surface area (Å²) in [5, 5.41) is -0.382. The maximum Gasteiger partial charge on any atom is 0.164 e. The number of allylic oxidation sites excluding steroid dienone is 2. The van der Waals surface area contributed by atoms with Crippen LogP contribution in [0.5, 0.6) is 0 Å². The van der Waals surface area contributed by atoms with Gasteiger partial charge in [-0.05, 0) is 26.7 Å². The average Bonchev–Trinajstić information content (AvgIpc) is 2.52. The third kappa shape index (κ3) is 3.95. The molecule has 0 aromatic heterocycles. The fourth-order valence-electron chi connectivity index (χ4n) is 2.24. The number of likely N-dealkylation sites (tertiary alicyclic amines) is 1. The molecule has 1 heterocycles. The molecule has 2 atom stereocenters. The Bertz CT molecular complexity index is 339. The maximum absolute atomic E-state index is 14.3. The molecule has 1 aliphatic rings. The molecule has 0 amide bonds. The first-order valence-corrected chi connectivity index (χ1v) is 6.89. The highest BCUT2D eigenvalue weighted by Crippen LogP contribution is 2.24. The molecule has 0 radical (unpaired) electrons. The number of hydrogen-bond donors (Lipinski definition) is 1. The first-order chi connectivity index (χ1) is 8.47. The monoisotopic (exact) mass is 275 g/mol. The van der Waals surface area contributed by atoms with E-state index >= 15 is 0 Å². The minimum absolute atomic E-state index is 0.0876.